The monoisotopic (exact) mass is 510 g/mol. The summed E-state index contributed by atoms with van der Waals surface area (Å²) >= 11 is 0. The van der Waals surface area contributed by atoms with Crippen LogP contribution in [0.3, 0.4) is 0 Å². The van der Waals surface area contributed by atoms with Gasteiger partial charge < -0.3 is 19.9 Å². The lowest BCUT2D eigenvalue weighted by Crippen LogP contribution is -2.42. The smallest absolute Gasteiger partial charge is 0.274 e. The summed E-state index contributed by atoms with van der Waals surface area (Å²) in [6, 6.07) is 9.75. The van der Waals surface area contributed by atoms with Gasteiger partial charge in [0.25, 0.3) is 11.8 Å². The van der Waals surface area contributed by atoms with E-state index in [1.54, 1.807) is 15.6 Å². The number of fused-ring (bicyclic) bond motifs is 1. The van der Waals surface area contributed by atoms with Crippen molar-refractivity contribution in [3.05, 3.63) is 52.8 Å². The Kier molecular flexibility index (Phi) is 9.29. The molecule has 10 nitrogen and oxygen atoms in total. The molecule has 2 aromatic rings. The van der Waals surface area contributed by atoms with Gasteiger partial charge in [-0.2, -0.15) is 5.10 Å². The van der Waals surface area contributed by atoms with Gasteiger partial charge in [-0.25, -0.2) is 0 Å². The Hall–Kier alpha value is -3.24. The van der Waals surface area contributed by atoms with Crippen molar-refractivity contribution in [3.63, 3.8) is 0 Å². The first-order valence-corrected chi connectivity index (χ1v) is 13.2. The maximum atomic E-state index is 13.3. The number of nitrogens with zero attached hydrogens (tertiary/aromatic N) is 5. The topological polar surface area (TPSA) is 100 Å². The summed E-state index contributed by atoms with van der Waals surface area (Å²) in [4.78, 5) is 44.6. The highest BCUT2D eigenvalue weighted by molar-refractivity contribution is 5.98. The van der Waals surface area contributed by atoms with Gasteiger partial charge in [-0.05, 0) is 25.8 Å². The molecule has 0 atom stereocenters. The molecule has 0 unspecified atom stereocenters. The first-order valence-electron chi connectivity index (χ1n) is 13.2. The number of carbonyl (C=O) groups excluding carboxylic acids is 3. The molecule has 1 fully saturated rings. The second-order valence-electron chi connectivity index (χ2n) is 9.65. The standard InChI is InChI=1S/C27H38N6O4/c1-3-31(12-8-25(34)28-9-13-30-14-16-37-17-15-30)26(35)23-19-24-27(36)32(10-5-11-33(24)29-23)20-22-7-4-6-21(2)18-22/h4,6-7,18-19H,3,5,8-17,20H2,1-2H3,(H,28,34). The normalized spacial score (nSPS) is 16.3. The number of carbonyl (C=O) groups is 3. The van der Waals surface area contributed by atoms with E-state index in [2.05, 4.69) is 21.4 Å². The van der Waals surface area contributed by atoms with E-state index < -0.39 is 0 Å². The molecule has 37 heavy (non-hydrogen) atoms. The van der Waals surface area contributed by atoms with Crippen LogP contribution >= 0.6 is 0 Å². The van der Waals surface area contributed by atoms with Crippen LogP contribution in [0.25, 0.3) is 0 Å². The third-order valence-electron chi connectivity index (χ3n) is 6.89. The van der Waals surface area contributed by atoms with Crippen LogP contribution in [0, 0.1) is 6.92 Å². The zero-order valence-electron chi connectivity index (χ0n) is 21.9. The molecule has 3 amide bonds. The summed E-state index contributed by atoms with van der Waals surface area (Å²) in [5.41, 5.74) is 2.92. The number of aryl methyl sites for hydroxylation is 2. The minimum absolute atomic E-state index is 0.0814. The number of benzene rings is 1. The van der Waals surface area contributed by atoms with Crippen LogP contribution in [-0.2, 0) is 22.6 Å². The first kappa shape index (κ1) is 26.8. The molecule has 0 spiro atoms. The van der Waals surface area contributed by atoms with Gasteiger partial charge in [0, 0.05) is 71.4 Å². The number of hydrogen-bond donors (Lipinski definition) is 1. The maximum Gasteiger partial charge on any atom is 0.274 e. The number of aromatic nitrogens is 2. The molecule has 200 valence electrons. The molecular formula is C27H38N6O4. The Morgan fingerprint density at radius 1 is 1.14 bits per heavy atom. The molecule has 1 N–H and O–H groups in total. The Morgan fingerprint density at radius 3 is 2.70 bits per heavy atom. The van der Waals surface area contributed by atoms with Crippen molar-refractivity contribution < 1.29 is 19.1 Å². The zero-order valence-corrected chi connectivity index (χ0v) is 21.9. The fourth-order valence-corrected chi connectivity index (χ4v) is 4.79. The van der Waals surface area contributed by atoms with Gasteiger partial charge in [-0.3, -0.25) is 24.0 Å². The van der Waals surface area contributed by atoms with Gasteiger partial charge in [0.2, 0.25) is 5.91 Å². The zero-order chi connectivity index (χ0) is 26.2. The minimum atomic E-state index is -0.262. The molecule has 4 rings (SSSR count). The Morgan fingerprint density at radius 2 is 1.95 bits per heavy atom. The average molecular weight is 511 g/mol. The van der Waals surface area contributed by atoms with Gasteiger partial charge >= 0.3 is 0 Å². The van der Waals surface area contributed by atoms with Gasteiger partial charge in [0.15, 0.2) is 5.69 Å². The van der Waals surface area contributed by atoms with Crippen LogP contribution in [0.4, 0.5) is 0 Å². The molecule has 0 bridgehead atoms. The van der Waals surface area contributed by atoms with Crippen molar-refractivity contribution in [2.24, 2.45) is 0 Å². The lowest BCUT2D eigenvalue weighted by atomic mass is 10.1. The molecule has 2 aliphatic rings. The minimum Gasteiger partial charge on any atom is -0.379 e. The number of hydrogen-bond acceptors (Lipinski definition) is 6. The highest BCUT2D eigenvalue weighted by atomic mass is 16.5. The van der Waals surface area contributed by atoms with E-state index in [1.165, 1.54) is 0 Å². The van der Waals surface area contributed by atoms with E-state index in [9.17, 15) is 14.4 Å². The van der Waals surface area contributed by atoms with Crippen LogP contribution in [0.1, 0.15) is 51.9 Å². The van der Waals surface area contributed by atoms with Crippen molar-refractivity contribution in [1.29, 1.82) is 0 Å². The second-order valence-corrected chi connectivity index (χ2v) is 9.65. The molecule has 10 heteroatoms. The van der Waals surface area contributed by atoms with Crippen molar-refractivity contribution in [1.82, 2.24) is 29.8 Å². The van der Waals surface area contributed by atoms with Gasteiger partial charge in [-0.1, -0.05) is 29.8 Å². The number of ether oxygens (including phenoxy) is 1. The van der Waals surface area contributed by atoms with Crippen molar-refractivity contribution in [3.8, 4) is 0 Å². The van der Waals surface area contributed by atoms with Crippen molar-refractivity contribution in [2.75, 3.05) is 59.0 Å². The Bertz CT molecular complexity index is 1090. The van der Waals surface area contributed by atoms with E-state index in [0.29, 0.717) is 45.0 Å². The fraction of sp³-hybridized carbons (Fsp3) is 0.556. The molecule has 0 saturated carbocycles. The summed E-state index contributed by atoms with van der Waals surface area (Å²) < 4.78 is 6.99. The van der Waals surface area contributed by atoms with E-state index >= 15 is 0 Å². The van der Waals surface area contributed by atoms with Crippen molar-refractivity contribution >= 4 is 17.7 Å². The van der Waals surface area contributed by atoms with Gasteiger partial charge in [0.05, 0.1) is 13.2 Å². The van der Waals surface area contributed by atoms with Crippen LogP contribution < -0.4 is 5.32 Å². The molecule has 2 aliphatic heterocycles. The number of rotatable bonds is 10. The summed E-state index contributed by atoms with van der Waals surface area (Å²) in [5.74, 6) is -0.461. The second kappa shape index (κ2) is 12.8. The maximum absolute atomic E-state index is 13.3. The Labute approximate surface area is 218 Å². The van der Waals surface area contributed by atoms with Crippen molar-refractivity contribution in [2.45, 2.75) is 39.8 Å². The molecule has 0 radical (unpaired) electrons. The Balaban J connectivity index is 1.32. The highest BCUT2D eigenvalue weighted by Gasteiger charge is 2.28. The highest BCUT2D eigenvalue weighted by Crippen LogP contribution is 2.18. The number of nitrogens with one attached hydrogen (secondary N) is 1. The molecule has 0 aliphatic carbocycles. The quantitative estimate of drug-likeness (QED) is 0.521. The van der Waals surface area contributed by atoms with E-state index in [4.69, 9.17) is 4.74 Å². The molecular weight excluding hydrogens is 472 g/mol. The van der Waals surface area contributed by atoms with Crippen LogP contribution in [0.2, 0.25) is 0 Å². The van der Waals surface area contributed by atoms with Crippen LogP contribution in [0.5, 0.6) is 0 Å². The van der Waals surface area contributed by atoms with Gasteiger partial charge in [0.1, 0.15) is 5.69 Å². The van der Waals surface area contributed by atoms with E-state index in [1.807, 2.05) is 36.9 Å². The predicted octanol–water partition coefficient (Wildman–Crippen LogP) is 1.54. The molecule has 3 heterocycles. The summed E-state index contributed by atoms with van der Waals surface area (Å²) in [6.07, 6.45) is 0.988. The summed E-state index contributed by atoms with van der Waals surface area (Å²) in [5, 5.41) is 7.42. The summed E-state index contributed by atoms with van der Waals surface area (Å²) in [7, 11) is 0. The predicted molar refractivity (Wildman–Crippen MR) is 139 cm³/mol. The average Bonchev–Trinajstić information content (AvgIpc) is 3.27. The molecule has 1 aromatic carbocycles. The first-order chi connectivity index (χ1) is 17.9. The largest absolute Gasteiger partial charge is 0.379 e. The fourth-order valence-electron chi connectivity index (χ4n) is 4.79. The van der Waals surface area contributed by atoms with Crippen LogP contribution in [0.15, 0.2) is 30.3 Å². The number of amides is 3. The lowest BCUT2D eigenvalue weighted by molar-refractivity contribution is -0.121. The lowest BCUT2D eigenvalue weighted by Gasteiger charge is -2.26. The van der Waals surface area contributed by atoms with Crippen LogP contribution in [-0.4, -0.2) is 101 Å². The molecule has 1 aromatic heterocycles. The SMILES string of the molecule is CCN(CCC(=O)NCCN1CCOCC1)C(=O)c1cc2n(n1)CCCN(Cc1cccc(C)c1)C2=O. The number of morpholine rings is 1. The van der Waals surface area contributed by atoms with Gasteiger partial charge in [-0.15, -0.1) is 0 Å². The molecule has 1 saturated heterocycles. The third-order valence-corrected chi connectivity index (χ3v) is 6.89. The van der Waals surface area contributed by atoms with E-state index in [-0.39, 0.29) is 29.8 Å². The third kappa shape index (κ3) is 7.17. The summed E-state index contributed by atoms with van der Waals surface area (Å²) in [6.45, 7) is 11.0. The van der Waals surface area contributed by atoms with E-state index in [0.717, 1.165) is 50.4 Å².